The number of ether oxygens (including phenoxy) is 1. The van der Waals surface area contributed by atoms with Crippen LogP contribution in [0.15, 0.2) is 48.5 Å². The van der Waals surface area contributed by atoms with Crippen molar-refractivity contribution in [2.24, 2.45) is 0 Å². The Morgan fingerprint density at radius 1 is 0.711 bits per heavy atom. The molecule has 1 heterocycles. The molecule has 2 nitrogen and oxygen atoms in total. The summed E-state index contributed by atoms with van der Waals surface area (Å²) >= 11 is 1.86. The summed E-state index contributed by atoms with van der Waals surface area (Å²) in [6, 6.07) is 17.5. The molecule has 0 saturated carbocycles. The summed E-state index contributed by atoms with van der Waals surface area (Å²) in [5.74, 6) is 1.02. The van der Waals surface area contributed by atoms with Crippen molar-refractivity contribution in [3.8, 4) is 16.2 Å². The van der Waals surface area contributed by atoms with Gasteiger partial charge >= 0.3 is 0 Å². The fourth-order valence-electron chi connectivity index (χ4n) is 3.34. The van der Waals surface area contributed by atoms with Crippen LogP contribution < -0.4 is 10.1 Å². The first-order valence-electron chi connectivity index (χ1n) is 15.1. The molecule has 218 valence electrons. The Bertz CT molecular complexity index is 865. The number of fused-ring (bicyclic) bond motifs is 1. The molecule has 0 aliphatic carbocycles. The van der Waals surface area contributed by atoms with E-state index >= 15 is 0 Å². The molecule has 3 rings (SSSR count). The Morgan fingerprint density at radius 3 is 1.89 bits per heavy atom. The summed E-state index contributed by atoms with van der Waals surface area (Å²) in [6.45, 7) is 19.9. The van der Waals surface area contributed by atoms with Crippen LogP contribution in [-0.4, -0.2) is 13.2 Å². The second-order valence-corrected chi connectivity index (χ2v) is 10.1. The van der Waals surface area contributed by atoms with E-state index in [1.165, 1.54) is 71.0 Å². The third-order valence-corrected chi connectivity index (χ3v) is 6.92. The molecule has 3 aromatic rings. The number of rotatable bonds is 13. The highest BCUT2D eigenvalue weighted by Crippen LogP contribution is 2.35. The first-order valence-corrected chi connectivity index (χ1v) is 15.9. The minimum atomic E-state index is 0. The number of thiophene rings is 1. The molecule has 2 aromatic carbocycles. The van der Waals surface area contributed by atoms with E-state index in [4.69, 9.17) is 4.74 Å². The van der Waals surface area contributed by atoms with Gasteiger partial charge in [-0.25, -0.2) is 0 Å². The van der Waals surface area contributed by atoms with Crippen molar-refractivity contribution in [3.63, 3.8) is 0 Å². The number of benzene rings is 2. The highest BCUT2D eigenvalue weighted by Gasteiger charge is 2.09. The van der Waals surface area contributed by atoms with Gasteiger partial charge < -0.3 is 10.1 Å². The van der Waals surface area contributed by atoms with Crippen LogP contribution >= 0.6 is 11.3 Å². The maximum Gasteiger partial charge on any atom is 0.123 e. The normalized spacial score (nSPS) is 9.68. The van der Waals surface area contributed by atoms with Gasteiger partial charge in [-0.2, -0.15) is 0 Å². The van der Waals surface area contributed by atoms with E-state index < -0.39 is 0 Å². The third-order valence-electron chi connectivity index (χ3n) is 5.76. The van der Waals surface area contributed by atoms with E-state index in [0.29, 0.717) is 0 Å². The van der Waals surface area contributed by atoms with Gasteiger partial charge in [-0.1, -0.05) is 126 Å². The molecular weight excluding hydrogens is 482 g/mol. The van der Waals surface area contributed by atoms with E-state index in [1.54, 1.807) is 0 Å². The molecule has 0 saturated heterocycles. The van der Waals surface area contributed by atoms with Gasteiger partial charge in [-0.15, -0.1) is 11.3 Å². The van der Waals surface area contributed by atoms with Crippen molar-refractivity contribution in [2.75, 3.05) is 13.2 Å². The summed E-state index contributed by atoms with van der Waals surface area (Å²) in [7, 11) is 0. The topological polar surface area (TPSA) is 21.3 Å². The molecule has 0 bridgehead atoms. The van der Waals surface area contributed by atoms with E-state index in [9.17, 15) is 0 Å². The van der Waals surface area contributed by atoms with Crippen molar-refractivity contribution in [1.29, 1.82) is 0 Å². The maximum atomic E-state index is 6.05. The zero-order valence-electron chi connectivity index (χ0n) is 25.4. The van der Waals surface area contributed by atoms with Crippen molar-refractivity contribution < 1.29 is 4.74 Å². The van der Waals surface area contributed by atoms with Crippen LogP contribution in [-0.2, 0) is 6.54 Å². The van der Waals surface area contributed by atoms with Crippen LogP contribution in [0.2, 0.25) is 0 Å². The second kappa shape index (κ2) is 26.8. The molecule has 3 heteroatoms. The predicted octanol–water partition coefficient (Wildman–Crippen LogP) is 12.3. The van der Waals surface area contributed by atoms with Crippen molar-refractivity contribution in [2.45, 2.75) is 127 Å². The lowest BCUT2D eigenvalue weighted by Crippen LogP contribution is -2.15. The smallest absolute Gasteiger partial charge is 0.123 e. The fourth-order valence-corrected chi connectivity index (χ4v) is 4.40. The molecular formula is C35H61NOS. The molecule has 0 unspecified atom stereocenters. The number of hydrogen-bond donors (Lipinski definition) is 1. The van der Waals surface area contributed by atoms with Crippen molar-refractivity contribution in [3.05, 3.63) is 54.1 Å². The van der Waals surface area contributed by atoms with Crippen molar-refractivity contribution >= 4 is 21.4 Å². The monoisotopic (exact) mass is 543 g/mol. The zero-order chi connectivity index (χ0) is 27.7. The minimum absolute atomic E-state index is 0. The van der Waals surface area contributed by atoms with Crippen LogP contribution in [0, 0.1) is 0 Å². The lowest BCUT2D eigenvalue weighted by molar-refractivity contribution is 0.305. The SMILES string of the molecule is C.CC.CCCC.CCCCC.CCCCNCc1cc(-c2cc3ccccc3s2)ccc1OCCCC. The molecule has 0 aliphatic heterocycles. The van der Waals surface area contributed by atoms with Gasteiger partial charge in [0, 0.05) is 21.7 Å². The largest absolute Gasteiger partial charge is 0.493 e. The molecule has 0 aliphatic rings. The van der Waals surface area contributed by atoms with Gasteiger partial charge in [0.2, 0.25) is 0 Å². The highest BCUT2D eigenvalue weighted by atomic mass is 32.1. The van der Waals surface area contributed by atoms with Gasteiger partial charge in [0.25, 0.3) is 0 Å². The van der Waals surface area contributed by atoms with Crippen molar-refractivity contribution in [1.82, 2.24) is 5.32 Å². The average Bonchev–Trinajstić information content (AvgIpc) is 3.38. The van der Waals surface area contributed by atoms with E-state index in [1.807, 2.05) is 25.2 Å². The van der Waals surface area contributed by atoms with Gasteiger partial charge in [0.15, 0.2) is 0 Å². The summed E-state index contributed by atoms with van der Waals surface area (Å²) in [5.41, 5.74) is 2.54. The first-order chi connectivity index (χ1) is 18.1. The Balaban J connectivity index is 0. The summed E-state index contributed by atoms with van der Waals surface area (Å²) in [4.78, 5) is 1.32. The molecule has 1 aromatic heterocycles. The Labute approximate surface area is 241 Å². The Hall–Kier alpha value is -1.84. The quantitative estimate of drug-likeness (QED) is 0.216. The van der Waals surface area contributed by atoms with Gasteiger partial charge in [0.1, 0.15) is 5.75 Å². The first kappa shape index (κ1) is 38.3. The standard InChI is InChI=1S/C23H29NOS.C5H12.C4H10.C2H6.CH4/c1-3-5-13-24-17-20-15-19(11-12-21(20)25-14-6-4-2)23-16-18-9-7-8-10-22(18)26-23;1-3-5-4-2;1-3-4-2;1-2;/h7-12,15-16,24H,3-6,13-14,17H2,1-2H3;3-5H2,1-2H3;3-4H2,1-2H3;1-2H3;1H4. The van der Waals surface area contributed by atoms with Crippen LogP contribution in [0.25, 0.3) is 20.5 Å². The van der Waals surface area contributed by atoms with Gasteiger partial charge in [-0.3, -0.25) is 0 Å². The number of nitrogens with one attached hydrogen (secondary N) is 1. The fraction of sp³-hybridized carbons (Fsp3) is 0.600. The average molecular weight is 544 g/mol. The minimum Gasteiger partial charge on any atom is -0.493 e. The number of unbranched alkanes of at least 4 members (excludes halogenated alkanes) is 5. The Kier molecular flexibility index (Phi) is 27.0. The van der Waals surface area contributed by atoms with Crippen LogP contribution in [0.5, 0.6) is 5.75 Å². The molecule has 0 fully saturated rings. The molecule has 1 N–H and O–H groups in total. The van der Waals surface area contributed by atoms with E-state index in [-0.39, 0.29) is 7.43 Å². The summed E-state index contributed by atoms with van der Waals surface area (Å²) in [5, 5.41) is 4.88. The summed E-state index contributed by atoms with van der Waals surface area (Å²) in [6.07, 6.45) is 11.4. The van der Waals surface area contributed by atoms with Gasteiger partial charge in [-0.05, 0) is 60.7 Å². The molecule has 0 atom stereocenters. The second-order valence-electron chi connectivity index (χ2n) is 9.06. The molecule has 0 amide bonds. The van der Waals surface area contributed by atoms with Gasteiger partial charge in [0.05, 0.1) is 6.61 Å². The van der Waals surface area contributed by atoms with Crippen LogP contribution in [0.1, 0.15) is 126 Å². The third kappa shape index (κ3) is 16.2. The zero-order valence-corrected chi connectivity index (χ0v) is 26.2. The molecule has 0 radical (unpaired) electrons. The number of hydrogen-bond acceptors (Lipinski definition) is 3. The summed E-state index contributed by atoms with van der Waals surface area (Å²) < 4.78 is 7.39. The predicted molar refractivity (Wildman–Crippen MR) is 178 cm³/mol. The Morgan fingerprint density at radius 2 is 1.34 bits per heavy atom. The van der Waals surface area contributed by atoms with E-state index in [2.05, 4.69) is 95.4 Å². The van der Waals surface area contributed by atoms with Crippen LogP contribution in [0.4, 0.5) is 0 Å². The van der Waals surface area contributed by atoms with Crippen LogP contribution in [0.3, 0.4) is 0 Å². The lowest BCUT2D eigenvalue weighted by Gasteiger charge is -2.13. The van der Waals surface area contributed by atoms with E-state index in [0.717, 1.165) is 38.3 Å². The lowest BCUT2D eigenvalue weighted by atomic mass is 10.1. The maximum absolute atomic E-state index is 6.05. The molecule has 0 spiro atoms. The highest BCUT2D eigenvalue weighted by molar-refractivity contribution is 7.22. The molecule has 38 heavy (non-hydrogen) atoms.